The van der Waals surface area contributed by atoms with Gasteiger partial charge in [0.1, 0.15) is 11.0 Å². The van der Waals surface area contributed by atoms with Crippen molar-refractivity contribution in [3.63, 3.8) is 0 Å². The Hall–Kier alpha value is -2.20. The number of fused-ring (bicyclic) bond motifs is 1. The molecule has 126 valence electrons. The summed E-state index contributed by atoms with van der Waals surface area (Å²) in [6.07, 6.45) is 0.725. The first kappa shape index (κ1) is 16.7. The number of aliphatic hydroxyl groups is 1. The van der Waals surface area contributed by atoms with E-state index in [2.05, 4.69) is 56.1 Å². The van der Waals surface area contributed by atoms with Gasteiger partial charge in [-0.3, -0.25) is 0 Å². The van der Waals surface area contributed by atoms with E-state index >= 15 is 0 Å². The SMILES string of the molecule is CC(CCO)c1ccc(C(C)(C)C)cc1-n1nc2ccccc2n1. The number of aliphatic hydroxyl groups excluding tert-OH is 1. The second-order valence-electron chi connectivity index (χ2n) is 7.42. The highest BCUT2D eigenvalue weighted by Crippen LogP contribution is 2.31. The topological polar surface area (TPSA) is 50.9 Å². The van der Waals surface area contributed by atoms with Gasteiger partial charge in [-0.1, -0.05) is 52.0 Å². The average molecular weight is 323 g/mol. The fourth-order valence-electron chi connectivity index (χ4n) is 2.92. The molecule has 0 bridgehead atoms. The maximum Gasteiger partial charge on any atom is 0.113 e. The van der Waals surface area contributed by atoms with Crippen LogP contribution in [0.25, 0.3) is 16.7 Å². The van der Waals surface area contributed by atoms with Crippen LogP contribution in [0.5, 0.6) is 0 Å². The number of aromatic nitrogens is 3. The molecule has 0 amide bonds. The lowest BCUT2D eigenvalue weighted by Crippen LogP contribution is -2.14. The summed E-state index contributed by atoms with van der Waals surface area (Å²) in [5.74, 6) is 0.244. The molecule has 2 aromatic carbocycles. The fraction of sp³-hybridized carbons (Fsp3) is 0.400. The van der Waals surface area contributed by atoms with Gasteiger partial charge in [-0.05, 0) is 47.1 Å². The maximum atomic E-state index is 9.32. The summed E-state index contributed by atoms with van der Waals surface area (Å²) in [7, 11) is 0. The molecule has 24 heavy (non-hydrogen) atoms. The van der Waals surface area contributed by atoms with E-state index < -0.39 is 0 Å². The quantitative estimate of drug-likeness (QED) is 0.782. The van der Waals surface area contributed by atoms with Crippen LogP contribution in [0.3, 0.4) is 0 Å². The largest absolute Gasteiger partial charge is 0.396 e. The molecule has 0 aliphatic carbocycles. The second kappa shape index (κ2) is 6.36. The molecule has 0 aliphatic heterocycles. The van der Waals surface area contributed by atoms with Gasteiger partial charge in [0.15, 0.2) is 0 Å². The van der Waals surface area contributed by atoms with Crippen LogP contribution in [0.15, 0.2) is 42.5 Å². The average Bonchev–Trinajstić information content (AvgIpc) is 2.97. The van der Waals surface area contributed by atoms with Crippen LogP contribution in [0.4, 0.5) is 0 Å². The van der Waals surface area contributed by atoms with Crippen LogP contribution in [0.2, 0.25) is 0 Å². The van der Waals surface area contributed by atoms with E-state index in [4.69, 9.17) is 0 Å². The first-order valence-electron chi connectivity index (χ1n) is 8.48. The summed E-state index contributed by atoms with van der Waals surface area (Å²) >= 11 is 0. The summed E-state index contributed by atoms with van der Waals surface area (Å²) in [4.78, 5) is 1.74. The van der Waals surface area contributed by atoms with Crippen LogP contribution < -0.4 is 0 Å². The van der Waals surface area contributed by atoms with Crippen LogP contribution in [0.1, 0.15) is 51.2 Å². The summed E-state index contributed by atoms with van der Waals surface area (Å²) in [6, 6.07) is 14.4. The van der Waals surface area contributed by atoms with Crippen LogP contribution in [-0.2, 0) is 5.41 Å². The zero-order valence-electron chi connectivity index (χ0n) is 14.8. The highest BCUT2D eigenvalue weighted by molar-refractivity contribution is 5.73. The number of benzene rings is 2. The van der Waals surface area contributed by atoms with Gasteiger partial charge in [-0.2, -0.15) is 4.80 Å². The normalized spacial score (nSPS) is 13.4. The van der Waals surface area contributed by atoms with Crippen molar-refractivity contribution < 1.29 is 5.11 Å². The first-order valence-corrected chi connectivity index (χ1v) is 8.48. The summed E-state index contributed by atoms with van der Waals surface area (Å²) in [5, 5.41) is 18.6. The molecule has 0 saturated heterocycles. The minimum absolute atomic E-state index is 0.0556. The minimum atomic E-state index is 0.0556. The molecule has 1 aromatic heterocycles. The molecule has 0 spiro atoms. The Morgan fingerprint density at radius 2 is 1.67 bits per heavy atom. The number of nitrogens with zero attached hydrogens (tertiary/aromatic N) is 3. The van der Waals surface area contributed by atoms with Crippen molar-refractivity contribution in [3.8, 4) is 5.69 Å². The molecule has 4 nitrogen and oxygen atoms in total. The van der Waals surface area contributed by atoms with E-state index in [1.165, 1.54) is 5.56 Å². The van der Waals surface area contributed by atoms with Crippen molar-refractivity contribution in [2.75, 3.05) is 6.61 Å². The van der Waals surface area contributed by atoms with Crippen molar-refractivity contribution >= 4 is 11.0 Å². The molecule has 0 radical (unpaired) electrons. The van der Waals surface area contributed by atoms with Gasteiger partial charge in [0, 0.05) is 6.61 Å². The predicted molar refractivity (Wildman–Crippen MR) is 97.7 cm³/mol. The van der Waals surface area contributed by atoms with Crippen molar-refractivity contribution in [1.82, 2.24) is 15.0 Å². The summed E-state index contributed by atoms with van der Waals surface area (Å²) in [6.45, 7) is 8.92. The summed E-state index contributed by atoms with van der Waals surface area (Å²) in [5.41, 5.74) is 5.25. The van der Waals surface area contributed by atoms with E-state index in [9.17, 15) is 5.11 Å². The lowest BCUT2D eigenvalue weighted by Gasteiger charge is -2.22. The molecule has 1 atom stereocenters. The summed E-state index contributed by atoms with van der Waals surface area (Å²) < 4.78 is 0. The van der Waals surface area contributed by atoms with Crippen molar-refractivity contribution in [2.24, 2.45) is 0 Å². The second-order valence-corrected chi connectivity index (χ2v) is 7.42. The Morgan fingerprint density at radius 3 is 2.21 bits per heavy atom. The van der Waals surface area contributed by atoms with E-state index in [-0.39, 0.29) is 17.9 Å². The monoisotopic (exact) mass is 323 g/mol. The molecule has 3 rings (SSSR count). The van der Waals surface area contributed by atoms with Crippen molar-refractivity contribution in [1.29, 1.82) is 0 Å². The Bertz CT molecular complexity index is 812. The van der Waals surface area contributed by atoms with Crippen molar-refractivity contribution in [2.45, 2.75) is 45.4 Å². The Balaban J connectivity index is 2.17. The van der Waals surface area contributed by atoms with Gasteiger partial charge in [0.05, 0.1) is 5.69 Å². The van der Waals surface area contributed by atoms with E-state index in [0.29, 0.717) is 0 Å². The number of hydrogen-bond acceptors (Lipinski definition) is 3. The molecule has 0 saturated carbocycles. The molecule has 1 heterocycles. The van der Waals surface area contributed by atoms with E-state index in [1.807, 2.05) is 24.3 Å². The zero-order chi connectivity index (χ0) is 17.3. The third kappa shape index (κ3) is 3.20. The molecule has 1 N–H and O–H groups in total. The Labute approximate surface area is 143 Å². The lowest BCUT2D eigenvalue weighted by atomic mass is 9.84. The smallest absolute Gasteiger partial charge is 0.113 e. The standard InChI is InChI=1S/C20H25N3O/c1-14(11-12-24)16-10-9-15(20(2,3)4)13-19(16)23-21-17-7-5-6-8-18(17)22-23/h5-10,13-14,24H,11-12H2,1-4H3. The zero-order valence-corrected chi connectivity index (χ0v) is 14.8. The molecule has 0 fully saturated rings. The first-order chi connectivity index (χ1) is 11.4. The van der Waals surface area contributed by atoms with Gasteiger partial charge >= 0.3 is 0 Å². The van der Waals surface area contributed by atoms with Gasteiger partial charge in [0.2, 0.25) is 0 Å². The third-order valence-electron chi connectivity index (χ3n) is 4.49. The Morgan fingerprint density at radius 1 is 1.04 bits per heavy atom. The molecule has 0 aliphatic rings. The van der Waals surface area contributed by atoms with E-state index in [1.54, 1.807) is 4.80 Å². The van der Waals surface area contributed by atoms with Gasteiger partial charge < -0.3 is 5.11 Å². The lowest BCUT2D eigenvalue weighted by molar-refractivity contribution is 0.278. The molecular formula is C20H25N3O. The third-order valence-corrected chi connectivity index (χ3v) is 4.49. The fourth-order valence-corrected chi connectivity index (χ4v) is 2.92. The van der Waals surface area contributed by atoms with Crippen molar-refractivity contribution in [3.05, 3.63) is 53.6 Å². The molecule has 4 heteroatoms. The van der Waals surface area contributed by atoms with Gasteiger partial charge in [-0.25, -0.2) is 0 Å². The van der Waals surface area contributed by atoms with E-state index in [0.717, 1.165) is 28.7 Å². The highest BCUT2D eigenvalue weighted by Gasteiger charge is 2.19. The highest BCUT2D eigenvalue weighted by atomic mass is 16.3. The predicted octanol–water partition coefficient (Wildman–Crippen LogP) is 4.20. The minimum Gasteiger partial charge on any atom is -0.396 e. The van der Waals surface area contributed by atoms with Gasteiger partial charge in [-0.15, -0.1) is 10.2 Å². The Kier molecular flexibility index (Phi) is 4.41. The molecular weight excluding hydrogens is 298 g/mol. The van der Waals surface area contributed by atoms with Crippen LogP contribution in [0, 0.1) is 0 Å². The van der Waals surface area contributed by atoms with Crippen LogP contribution >= 0.6 is 0 Å². The van der Waals surface area contributed by atoms with Gasteiger partial charge in [0.25, 0.3) is 0 Å². The molecule has 1 unspecified atom stereocenters. The number of rotatable bonds is 4. The number of hydrogen-bond donors (Lipinski definition) is 1. The molecule has 3 aromatic rings. The maximum absolute atomic E-state index is 9.32. The van der Waals surface area contributed by atoms with Crippen LogP contribution in [-0.4, -0.2) is 26.7 Å².